The predicted molar refractivity (Wildman–Crippen MR) is 103 cm³/mol. The lowest BCUT2D eigenvalue weighted by Crippen LogP contribution is -2.30. The molecule has 136 valence electrons. The van der Waals surface area contributed by atoms with Gasteiger partial charge in [-0.05, 0) is 26.0 Å². The lowest BCUT2D eigenvalue weighted by atomic mass is 9.88. The van der Waals surface area contributed by atoms with E-state index in [1.54, 1.807) is 42.5 Å². The van der Waals surface area contributed by atoms with E-state index in [-0.39, 0.29) is 29.7 Å². The molecule has 0 saturated carbocycles. The molecule has 0 N–H and O–H groups in total. The molecule has 1 heterocycles. The quantitative estimate of drug-likeness (QED) is 0.598. The summed E-state index contributed by atoms with van der Waals surface area (Å²) in [7, 11) is -3.62. The molecular weight excluding hydrogens is 346 g/mol. The van der Waals surface area contributed by atoms with Gasteiger partial charge < -0.3 is 0 Å². The molecule has 3 rings (SSSR count). The molecule has 0 radical (unpaired) electrons. The summed E-state index contributed by atoms with van der Waals surface area (Å²) in [6, 6.07) is 14.2. The van der Waals surface area contributed by atoms with Crippen LogP contribution in [-0.4, -0.2) is 31.6 Å². The van der Waals surface area contributed by atoms with Crippen LogP contribution in [0.3, 0.4) is 0 Å². The van der Waals surface area contributed by atoms with E-state index >= 15 is 0 Å². The predicted octanol–water partition coefficient (Wildman–Crippen LogP) is 3.61. The summed E-state index contributed by atoms with van der Waals surface area (Å²) in [6.07, 6.45) is 1.70. The lowest BCUT2D eigenvalue weighted by Gasteiger charge is -2.16. The van der Waals surface area contributed by atoms with E-state index in [1.807, 2.05) is 26.0 Å². The zero-order valence-electron chi connectivity index (χ0n) is 15.1. The van der Waals surface area contributed by atoms with Crippen LogP contribution in [0.1, 0.15) is 21.5 Å². The van der Waals surface area contributed by atoms with Crippen LogP contribution >= 0.6 is 0 Å². The van der Waals surface area contributed by atoms with Gasteiger partial charge in [0.15, 0.2) is 5.78 Å². The number of Topliss-reactive ketones (excluding diaryl/α,β-unsaturated/α-hetero) is 1. The van der Waals surface area contributed by atoms with Crippen molar-refractivity contribution in [1.82, 2.24) is 4.31 Å². The molecule has 1 aliphatic rings. The first-order valence-electron chi connectivity index (χ1n) is 8.63. The van der Waals surface area contributed by atoms with Gasteiger partial charge in [-0.3, -0.25) is 4.79 Å². The molecule has 0 amide bonds. The zero-order chi connectivity index (χ0) is 18.9. The Kier molecular flexibility index (Phi) is 5.12. The Morgan fingerprint density at radius 1 is 1.00 bits per heavy atom. The van der Waals surface area contributed by atoms with Gasteiger partial charge in [0.2, 0.25) is 10.0 Å². The maximum Gasteiger partial charge on any atom is 0.243 e. The second-order valence-corrected chi connectivity index (χ2v) is 8.81. The number of benzene rings is 2. The van der Waals surface area contributed by atoms with Gasteiger partial charge in [-0.2, -0.15) is 4.31 Å². The second kappa shape index (κ2) is 7.17. The zero-order valence-corrected chi connectivity index (χ0v) is 15.9. The van der Waals surface area contributed by atoms with Crippen molar-refractivity contribution in [1.29, 1.82) is 0 Å². The highest BCUT2D eigenvalue weighted by Gasteiger charge is 2.41. The fourth-order valence-corrected chi connectivity index (χ4v) is 4.80. The molecule has 26 heavy (non-hydrogen) atoms. The number of carbonyl (C=O) groups is 1. The van der Waals surface area contributed by atoms with Crippen LogP contribution < -0.4 is 0 Å². The largest absolute Gasteiger partial charge is 0.294 e. The van der Waals surface area contributed by atoms with E-state index in [0.29, 0.717) is 5.56 Å². The van der Waals surface area contributed by atoms with Crippen molar-refractivity contribution in [3.8, 4) is 0 Å². The van der Waals surface area contributed by atoms with E-state index in [2.05, 4.69) is 6.58 Å². The first kappa shape index (κ1) is 18.5. The van der Waals surface area contributed by atoms with Gasteiger partial charge in [0.05, 0.1) is 4.90 Å². The highest BCUT2D eigenvalue weighted by Crippen LogP contribution is 2.32. The minimum Gasteiger partial charge on any atom is -0.294 e. The normalized spacial score (nSPS) is 20.8. The molecule has 0 aromatic heterocycles. The Balaban J connectivity index is 1.86. The molecule has 0 aliphatic carbocycles. The van der Waals surface area contributed by atoms with Crippen LogP contribution in [0.5, 0.6) is 0 Å². The van der Waals surface area contributed by atoms with Crippen molar-refractivity contribution in [3.05, 3.63) is 77.9 Å². The van der Waals surface area contributed by atoms with Gasteiger partial charge >= 0.3 is 0 Å². The maximum atomic E-state index is 12.9. The summed E-state index contributed by atoms with van der Waals surface area (Å²) in [4.78, 5) is 13.2. The molecule has 1 fully saturated rings. The average Bonchev–Trinajstić information content (AvgIpc) is 3.07. The third-order valence-electron chi connectivity index (χ3n) is 4.97. The van der Waals surface area contributed by atoms with Crippen LogP contribution in [0, 0.1) is 25.7 Å². The molecule has 4 nitrogen and oxygen atoms in total. The van der Waals surface area contributed by atoms with Crippen LogP contribution in [0.15, 0.2) is 66.1 Å². The fraction of sp³-hybridized carbons (Fsp3) is 0.286. The van der Waals surface area contributed by atoms with Gasteiger partial charge in [-0.1, -0.05) is 53.6 Å². The number of rotatable bonds is 5. The van der Waals surface area contributed by atoms with Gasteiger partial charge in [0.25, 0.3) is 0 Å². The summed E-state index contributed by atoms with van der Waals surface area (Å²) in [5.41, 5.74) is 2.70. The van der Waals surface area contributed by atoms with Crippen molar-refractivity contribution in [2.45, 2.75) is 18.7 Å². The number of hydrogen-bond donors (Lipinski definition) is 0. The topological polar surface area (TPSA) is 54.5 Å². The monoisotopic (exact) mass is 369 g/mol. The van der Waals surface area contributed by atoms with Crippen molar-refractivity contribution in [2.24, 2.45) is 11.8 Å². The van der Waals surface area contributed by atoms with E-state index < -0.39 is 15.9 Å². The number of carbonyl (C=O) groups excluding carboxylic acids is 1. The summed E-state index contributed by atoms with van der Waals surface area (Å²) in [5, 5.41) is 0. The summed E-state index contributed by atoms with van der Waals surface area (Å²) >= 11 is 0. The third kappa shape index (κ3) is 3.50. The number of ketones is 1. The van der Waals surface area contributed by atoms with Crippen LogP contribution in [0.2, 0.25) is 0 Å². The number of aryl methyl sites for hydroxylation is 2. The lowest BCUT2D eigenvalue weighted by molar-refractivity contribution is 0.0912. The molecular formula is C21H23NO3S. The Morgan fingerprint density at radius 2 is 1.54 bits per heavy atom. The molecule has 0 bridgehead atoms. The van der Waals surface area contributed by atoms with E-state index in [4.69, 9.17) is 0 Å². The number of hydrogen-bond acceptors (Lipinski definition) is 3. The molecule has 1 aliphatic heterocycles. The smallest absolute Gasteiger partial charge is 0.243 e. The Bertz CT molecular complexity index is 915. The van der Waals surface area contributed by atoms with Crippen LogP contribution in [-0.2, 0) is 10.0 Å². The maximum absolute atomic E-state index is 12.9. The Hall–Kier alpha value is -2.24. The minimum absolute atomic E-state index is 0.0310. The standard InChI is InChI=1S/C21H23NO3S/c1-4-17-13-22(26(24,25)19-11-7-16(3)8-12-19)14-20(17)21(23)18-9-5-15(2)6-10-18/h4-12,17,20H,1,13-14H2,2-3H3/t17-,20+/m1/s1. The molecule has 2 aromatic carbocycles. The number of sulfonamides is 1. The van der Waals surface area contributed by atoms with Gasteiger partial charge in [-0.15, -0.1) is 6.58 Å². The average molecular weight is 369 g/mol. The summed E-state index contributed by atoms with van der Waals surface area (Å²) in [6.45, 7) is 8.15. The van der Waals surface area contributed by atoms with Crippen molar-refractivity contribution in [2.75, 3.05) is 13.1 Å². The first-order chi connectivity index (χ1) is 12.3. The third-order valence-corrected chi connectivity index (χ3v) is 6.81. The molecule has 0 spiro atoms. The Labute approximate surface area is 155 Å². The molecule has 0 unspecified atom stereocenters. The minimum atomic E-state index is -3.62. The van der Waals surface area contributed by atoms with Gasteiger partial charge in [0.1, 0.15) is 0 Å². The van der Waals surface area contributed by atoms with Crippen molar-refractivity contribution >= 4 is 15.8 Å². The van der Waals surface area contributed by atoms with Gasteiger partial charge in [0, 0.05) is 30.5 Å². The molecule has 5 heteroatoms. The molecule has 1 saturated heterocycles. The molecule has 2 aromatic rings. The first-order valence-corrected chi connectivity index (χ1v) is 10.1. The fourth-order valence-electron chi connectivity index (χ4n) is 3.30. The SMILES string of the molecule is C=C[C@@H]1CN(S(=O)(=O)c2ccc(C)cc2)C[C@@H]1C(=O)c1ccc(C)cc1. The highest BCUT2D eigenvalue weighted by molar-refractivity contribution is 7.89. The Morgan fingerprint density at radius 3 is 2.08 bits per heavy atom. The van der Waals surface area contributed by atoms with E-state index in [9.17, 15) is 13.2 Å². The number of nitrogens with zero attached hydrogens (tertiary/aromatic N) is 1. The summed E-state index contributed by atoms with van der Waals surface area (Å²) in [5.74, 6) is -0.629. The second-order valence-electron chi connectivity index (χ2n) is 6.87. The van der Waals surface area contributed by atoms with E-state index in [0.717, 1.165) is 11.1 Å². The van der Waals surface area contributed by atoms with Crippen LogP contribution in [0.4, 0.5) is 0 Å². The summed E-state index contributed by atoms with van der Waals surface area (Å²) < 4.78 is 27.3. The van der Waals surface area contributed by atoms with Gasteiger partial charge in [-0.25, -0.2) is 8.42 Å². The highest BCUT2D eigenvalue weighted by atomic mass is 32.2. The van der Waals surface area contributed by atoms with Crippen molar-refractivity contribution < 1.29 is 13.2 Å². The van der Waals surface area contributed by atoms with Crippen molar-refractivity contribution in [3.63, 3.8) is 0 Å². The molecule has 2 atom stereocenters. The van der Waals surface area contributed by atoms with Crippen LogP contribution in [0.25, 0.3) is 0 Å². The van der Waals surface area contributed by atoms with E-state index in [1.165, 1.54) is 4.31 Å².